The third kappa shape index (κ3) is 10.3. The molecule has 6 nitrogen and oxygen atoms in total. The Labute approximate surface area is 164 Å². The van der Waals surface area contributed by atoms with Crippen molar-refractivity contribution in [2.75, 3.05) is 40.3 Å². The van der Waals surface area contributed by atoms with Crippen LogP contribution in [0.4, 0.5) is 0 Å². The standard InChI is InChI=1S/C17H35N5O.HI/c1-6-18-17(20-10-9-19-16(23)14-7-8-14)21-12-15(22(4)5)11-13(2)3;/h13-15H,6-12H2,1-5H3,(H,19,23)(H2,18,20,21);1H. The minimum atomic E-state index is 0. The van der Waals surface area contributed by atoms with Gasteiger partial charge >= 0.3 is 0 Å². The fraction of sp³-hybridized carbons (Fsp3) is 0.882. The van der Waals surface area contributed by atoms with E-state index in [-0.39, 0.29) is 35.8 Å². The highest BCUT2D eigenvalue weighted by molar-refractivity contribution is 14.0. The molecule has 0 radical (unpaired) electrons. The van der Waals surface area contributed by atoms with E-state index in [0.717, 1.165) is 38.3 Å². The van der Waals surface area contributed by atoms with E-state index in [4.69, 9.17) is 4.99 Å². The zero-order valence-electron chi connectivity index (χ0n) is 15.9. The predicted octanol–water partition coefficient (Wildman–Crippen LogP) is 1.66. The summed E-state index contributed by atoms with van der Waals surface area (Å²) >= 11 is 0. The first-order valence-electron chi connectivity index (χ1n) is 8.90. The summed E-state index contributed by atoms with van der Waals surface area (Å²) in [5, 5.41) is 9.51. The van der Waals surface area contributed by atoms with Gasteiger partial charge in [0.05, 0.1) is 6.54 Å². The Bertz CT molecular complexity index is 383. The van der Waals surface area contributed by atoms with E-state index in [1.807, 2.05) is 0 Å². The van der Waals surface area contributed by atoms with Crippen LogP contribution in [0.1, 0.15) is 40.0 Å². The van der Waals surface area contributed by atoms with E-state index in [1.54, 1.807) is 0 Å². The zero-order chi connectivity index (χ0) is 17.2. The average molecular weight is 453 g/mol. The highest BCUT2D eigenvalue weighted by Gasteiger charge is 2.28. The number of rotatable bonds is 10. The van der Waals surface area contributed by atoms with Gasteiger partial charge in [-0.15, -0.1) is 24.0 Å². The molecule has 0 aromatic carbocycles. The molecule has 0 aromatic rings. The number of aliphatic imine (C=N–C) groups is 1. The lowest BCUT2D eigenvalue weighted by Gasteiger charge is -2.24. The van der Waals surface area contributed by atoms with Crippen LogP contribution >= 0.6 is 24.0 Å². The van der Waals surface area contributed by atoms with Gasteiger partial charge in [0, 0.05) is 31.6 Å². The van der Waals surface area contributed by atoms with Crippen molar-refractivity contribution >= 4 is 35.8 Å². The fourth-order valence-corrected chi connectivity index (χ4v) is 2.39. The van der Waals surface area contributed by atoms with Crippen molar-refractivity contribution in [3.8, 4) is 0 Å². The molecule has 1 fully saturated rings. The van der Waals surface area contributed by atoms with Crippen LogP contribution in [-0.4, -0.2) is 63.1 Å². The van der Waals surface area contributed by atoms with Crippen LogP contribution in [0, 0.1) is 11.8 Å². The molecule has 3 N–H and O–H groups in total. The number of nitrogens with zero attached hydrogens (tertiary/aromatic N) is 2. The first-order valence-corrected chi connectivity index (χ1v) is 8.90. The Morgan fingerprint density at radius 1 is 1.17 bits per heavy atom. The molecule has 1 aliphatic rings. The second-order valence-corrected chi connectivity index (χ2v) is 6.96. The first-order chi connectivity index (χ1) is 10.9. The molecule has 24 heavy (non-hydrogen) atoms. The van der Waals surface area contributed by atoms with E-state index in [2.05, 4.69) is 55.7 Å². The Hall–Kier alpha value is -0.570. The molecule has 0 bridgehead atoms. The van der Waals surface area contributed by atoms with Crippen LogP contribution in [0.15, 0.2) is 4.99 Å². The highest BCUT2D eigenvalue weighted by atomic mass is 127. The van der Waals surface area contributed by atoms with Crippen molar-refractivity contribution in [3.05, 3.63) is 0 Å². The van der Waals surface area contributed by atoms with E-state index in [1.165, 1.54) is 0 Å². The first kappa shape index (κ1) is 23.4. The summed E-state index contributed by atoms with van der Waals surface area (Å²) in [6, 6.07) is 0.444. The predicted molar refractivity (Wildman–Crippen MR) is 112 cm³/mol. The number of hydrogen-bond donors (Lipinski definition) is 3. The average Bonchev–Trinajstić information content (AvgIpc) is 3.31. The number of nitrogens with one attached hydrogen (secondary N) is 3. The van der Waals surface area contributed by atoms with Gasteiger partial charge in [0.15, 0.2) is 5.96 Å². The SMILES string of the molecule is CCNC(=NCC(CC(C)C)N(C)C)NCCNC(=O)C1CC1.I. The van der Waals surface area contributed by atoms with Crippen molar-refractivity contribution in [1.82, 2.24) is 20.9 Å². The van der Waals surface area contributed by atoms with Crippen LogP contribution < -0.4 is 16.0 Å². The molecule has 1 atom stereocenters. The number of hydrogen-bond acceptors (Lipinski definition) is 3. The smallest absolute Gasteiger partial charge is 0.223 e. The number of amides is 1. The topological polar surface area (TPSA) is 68.8 Å². The summed E-state index contributed by atoms with van der Waals surface area (Å²) in [7, 11) is 4.21. The lowest BCUT2D eigenvalue weighted by atomic mass is 10.0. The zero-order valence-corrected chi connectivity index (χ0v) is 18.2. The number of likely N-dealkylation sites (N-methyl/N-ethyl adjacent to an activating group) is 1. The number of carbonyl (C=O) groups excluding carboxylic acids is 1. The van der Waals surface area contributed by atoms with E-state index < -0.39 is 0 Å². The molecule has 1 amide bonds. The largest absolute Gasteiger partial charge is 0.357 e. The molecule has 1 rings (SSSR count). The molecule has 0 aromatic heterocycles. The lowest BCUT2D eigenvalue weighted by molar-refractivity contribution is -0.122. The summed E-state index contributed by atoms with van der Waals surface area (Å²) in [6.07, 6.45) is 3.23. The van der Waals surface area contributed by atoms with Crippen molar-refractivity contribution in [2.24, 2.45) is 16.8 Å². The van der Waals surface area contributed by atoms with Crippen molar-refractivity contribution in [2.45, 2.75) is 46.1 Å². The van der Waals surface area contributed by atoms with Crippen molar-refractivity contribution in [3.63, 3.8) is 0 Å². The Morgan fingerprint density at radius 3 is 2.29 bits per heavy atom. The summed E-state index contributed by atoms with van der Waals surface area (Å²) in [4.78, 5) is 18.5. The van der Waals surface area contributed by atoms with Gasteiger partial charge in [0.25, 0.3) is 0 Å². The van der Waals surface area contributed by atoms with Gasteiger partial charge in [-0.2, -0.15) is 0 Å². The summed E-state index contributed by atoms with van der Waals surface area (Å²) in [6.45, 7) is 9.48. The molecule has 0 aliphatic heterocycles. The molecular weight excluding hydrogens is 417 g/mol. The van der Waals surface area contributed by atoms with E-state index in [9.17, 15) is 4.79 Å². The van der Waals surface area contributed by atoms with Gasteiger partial charge in [-0.25, -0.2) is 0 Å². The Kier molecular flexibility index (Phi) is 12.4. The maximum absolute atomic E-state index is 11.6. The fourth-order valence-electron chi connectivity index (χ4n) is 2.39. The van der Waals surface area contributed by atoms with Gasteiger partial charge in [-0.1, -0.05) is 13.8 Å². The van der Waals surface area contributed by atoms with Gasteiger partial charge < -0.3 is 20.9 Å². The van der Waals surface area contributed by atoms with Gasteiger partial charge in [0.1, 0.15) is 0 Å². The molecular formula is C17H36IN5O. The van der Waals surface area contributed by atoms with Crippen LogP contribution in [-0.2, 0) is 4.79 Å². The van der Waals surface area contributed by atoms with Crippen LogP contribution in [0.25, 0.3) is 0 Å². The minimum absolute atomic E-state index is 0. The molecule has 0 heterocycles. The van der Waals surface area contributed by atoms with Crippen molar-refractivity contribution < 1.29 is 4.79 Å². The number of halogens is 1. The third-order valence-corrected chi connectivity index (χ3v) is 3.94. The van der Waals surface area contributed by atoms with Crippen LogP contribution in [0.5, 0.6) is 0 Å². The summed E-state index contributed by atoms with van der Waals surface area (Å²) in [5.74, 6) is 1.95. The maximum atomic E-state index is 11.6. The lowest BCUT2D eigenvalue weighted by Crippen LogP contribution is -2.42. The van der Waals surface area contributed by atoms with Crippen molar-refractivity contribution in [1.29, 1.82) is 0 Å². The van der Waals surface area contributed by atoms with E-state index >= 15 is 0 Å². The van der Waals surface area contributed by atoms with E-state index in [0.29, 0.717) is 25.0 Å². The second kappa shape index (κ2) is 12.7. The normalized spacial score (nSPS) is 15.9. The number of carbonyl (C=O) groups is 1. The van der Waals surface area contributed by atoms with Gasteiger partial charge in [-0.3, -0.25) is 9.79 Å². The summed E-state index contributed by atoms with van der Waals surface area (Å²) in [5.41, 5.74) is 0. The molecule has 0 saturated heterocycles. The Morgan fingerprint density at radius 2 is 1.79 bits per heavy atom. The maximum Gasteiger partial charge on any atom is 0.223 e. The molecule has 142 valence electrons. The molecule has 1 saturated carbocycles. The quantitative estimate of drug-likeness (QED) is 0.204. The monoisotopic (exact) mass is 453 g/mol. The molecule has 1 aliphatic carbocycles. The minimum Gasteiger partial charge on any atom is -0.357 e. The third-order valence-electron chi connectivity index (χ3n) is 3.94. The number of guanidine groups is 1. The van der Waals surface area contributed by atoms with Gasteiger partial charge in [0.2, 0.25) is 5.91 Å². The van der Waals surface area contributed by atoms with Crippen LogP contribution in [0.3, 0.4) is 0 Å². The highest BCUT2D eigenvalue weighted by Crippen LogP contribution is 2.28. The molecule has 7 heteroatoms. The molecule has 1 unspecified atom stereocenters. The van der Waals surface area contributed by atoms with Crippen LogP contribution in [0.2, 0.25) is 0 Å². The second-order valence-electron chi connectivity index (χ2n) is 6.96. The summed E-state index contributed by atoms with van der Waals surface area (Å²) < 4.78 is 0. The molecule has 0 spiro atoms. The Balaban J connectivity index is 0.00000529. The van der Waals surface area contributed by atoms with Gasteiger partial charge in [-0.05, 0) is 46.2 Å².